The third-order valence-electron chi connectivity index (χ3n) is 3.09. The molecule has 0 aliphatic heterocycles. The highest BCUT2D eigenvalue weighted by molar-refractivity contribution is 7.90. The predicted octanol–water partition coefficient (Wildman–Crippen LogP) is -0.0754. The van der Waals surface area contributed by atoms with Crippen molar-refractivity contribution in [3.05, 3.63) is 54.1 Å². The molecule has 0 saturated heterocycles. The Hall–Kier alpha value is -2.62. The van der Waals surface area contributed by atoms with Gasteiger partial charge in [-0.1, -0.05) is 18.2 Å². The number of ether oxygens (including phenoxy) is 2. The zero-order chi connectivity index (χ0) is 19.0. The van der Waals surface area contributed by atoms with E-state index in [-0.39, 0.29) is 48.4 Å². The van der Waals surface area contributed by atoms with Gasteiger partial charge in [0.05, 0.1) is 18.1 Å². The van der Waals surface area contributed by atoms with Crippen molar-refractivity contribution >= 4 is 15.9 Å². The molecule has 0 bridgehead atoms. The number of rotatable bonds is 9. The molecule has 2 rings (SSSR count). The second-order valence-electron chi connectivity index (χ2n) is 5.02. The first-order valence-corrected chi connectivity index (χ1v) is 9.10. The van der Waals surface area contributed by atoms with E-state index in [1.54, 1.807) is 6.07 Å². The SMILES string of the molecule is O=S(=O)(/N=C(\[O-])c1cc(OCCO)cc(OCCO)c1)c1ccccc1. The summed E-state index contributed by atoms with van der Waals surface area (Å²) in [6.45, 7) is -0.511. The molecule has 0 aliphatic carbocycles. The fourth-order valence-electron chi connectivity index (χ4n) is 2.00. The van der Waals surface area contributed by atoms with Crippen molar-refractivity contribution in [3.8, 4) is 11.5 Å². The molecule has 0 saturated carbocycles. The van der Waals surface area contributed by atoms with Crippen molar-refractivity contribution in [2.45, 2.75) is 4.90 Å². The fourth-order valence-corrected chi connectivity index (χ4v) is 2.93. The normalized spacial score (nSPS) is 12.0. The van der Waals surface area contributed by atoms with Crippen LogP contribution in [0, 0.1) is 0 Å². The monoisotopic (exact) mass is 380 g/mol. The van der Waals surface area contributed by atoms with Crippen LogP contribution in [0.15, 0.2) is 57.8 Å². The maximum absolute atomic E-state index is 12.3. The predicted molar refractivity (Wildman–Crippen MR) is 91.8 cm³/mol. The zero-order valence-corrected chi connectivity index (χ0v) is 14.6. The van der Waals surface area contributed by atoms with E-state index in [9.17, 15) is 13.5 Å². The van der Waals surface area contributed by atoms with E-state index in [1.807, 2.05) is 0 Å². The Balaban J connectivity index is 2.38. The number of benzene rings is 2. The van der Waals surface area contributed by atoms with Crippen LogP contribution in [0.3, 0.4) is 0 Å². The quantitative estimate of drug-likeness (QED) is 0.460. The third kappa shape index (κ3) is 5.45. The molecule has 0 aliphatic rings. The molecule has 2 N–H and O–H groups in total. The summed E-state index contributed by atoms with van der Waals surface area (Å²) in [6.07, 6.45) is 0. The first kappa shape index (κ1) is 19.7. The standard InChI is InChI=1S/C17H19NO7S/c19-6-8-24-14-10-13(11-15(12-14)25-9-7-20)17(21)18-26(22,23)16-4-2-1-3-5-16/h1-5,10-12,19-20H,6-9H2,(H,18,21)/p-1. The summed E-state index contributed by atoms with van der Waals surface area (Å²) < 4.78 is 38.2. The van der Waals surface area contributed by atoms with Crippen molar-refractivity contribution in [1.29, 1.82) is 0 Å². The molecule has 0 aromatic heterocycles. The highest BCUT2D eigenvalue weighted by atomic mass is 32.2. The number of sulfonamides is 1. The Morgan fingerprint density at radius 2 is 1.50 bits per heavy atom. The molecular weight excluding hydrogens is 362 g/mol. The van der Waals surface area contributed by atoms with E-state index in [0.29, 0.717) is 0 Å². The van der Waals surface area contributed by atoms with Crippen molar-refractivity contribution in [1.82, 2.24) is 0 Å². The fraction of sp³-hybridized carbons (Fsp3) is 0.235. The van der Waals surface area contributed by atoms with Gasteiger partial charge < -0.3 is 24.8 Å². The molecule has 2 aromatic carbocycles. The number of aliphatic hydroxyl groups is 2. The molecule has 0 spiro atoms. The number of hydrogen-bond donors (Lipinski definition) is 2. The second kappa shape index (κ2) is 9.18. The summed E-state index contributed by atoms with van der Waals surface area (Å²) in [5.41, 5.74) is -0.0621. The summed E-state index contributed by atoms with van der Waals surface area (Å²) in [7, 11) is -4.15. The van der Waals surface area contributed by atoms with Crippen molar-refractivity contribution in [2.24, 2.45) is 4.40 Å². The van der Waals surface area contributed by atoms with Crippen molar-refractivity contribution in [3.63, 3.8) is 0 Å². The van der Waals surface area contributed by atoms with Crippen LogP contribution in [-0.2, 0) is 10.0 Å². The van der Waals surface area contributed by atoms with Gasteiger partial charge >= 0.3 is 0 Å². The van der Waals surface area contributed by atoms with E-state index in [0.717, 1.165) is 0 Å². The summed E-state index contributed by atoms with van der Waals surface area (Å²) in [6, 6.07) is 11.4. The van der Waals surface area contributed by atoms with E-state index >= 15 is 0 Å². The Kier molecular flexibility index (Phi) is 6.96. The van der Waals surface area contributed by atoms with Crippen LogP contribution in [0.1, 0.15) is 5.56 Å². The number of aliphatic hydroxyl groups excluding tert-OH is 2. The molecular formula is C17H18NO7S-. The molecule has 2 aromatic rings. The topological polar surface area (TPSA) is 128 Å². The highest BCUT2D eigenvalue weighted by Crippen LogP contribution is 2.24. The van der Waals surface area contributed by atoms with E-state index in [4.69, 9.17) is 19.7 Å². The Morgan fingerprint density at radius 3 is 2.00 bits per heavy atom. The van der Waals surface area contributed by atoms with Crippen LogP contribution < -0.4 is 14.6 Å². The second-order valence-corrected chi connectivity index (χ2v) is 6.63. The van der Waals surface area contributed by atoms with E-state index < -0.39 is 15.9 Å². The van der Waals surface area contributed by atoms with Gasteiger partial charge in [-0.05, 0) is 29.8 Å². The van der Waals surface area contributed by atoms with Crippen LogP contribution in [0.5, 0.6) is 11.5 Å². The van der Waals surface area contributed by atoms with Crippen LogP contribution in [0.4, 0.5) is 0 Å². The Labute approximate surface area is 151 Å². The summed E-state index contributed by atoms with van der Waals surface area (Å²) in [5, 5.41) is 30.0. The van der Waals surface area contributed by atoms with E-state index in [1.165, 1.54) is 42.5 Å². The minimum atomic E-state index is -4.15. The summed E-state index contributed by atoms with van der Waals surface area (Å²) in [4.78, 5) is -0.0993. The van der Waals surface area contributed by atoms with Crippen molar-refractivity contribution < 1.29 is 33.2 Å². The lowest BCUT2D eigenvalue weighted by atomic mass is 10.2. The lowest BCUT2D eigenvalue weighted by molar-refractivity contribution is -0.212. The van der Waals surface area contributed by atoms with Gasteiger partial charge in [0.25, 0.3) is 10.0 Å². The van der Waals surface area contributed by atoms with Crippen LogP contribution in [-0.4, -0.2) is 51.0 Å². The number of nitrogens with zero attached hydrogens (tertiary/aromatic N) is 1. The summed E-state index contributed by atoms with van der Waals surface area (Å²) in [5.74, 6) is -0.590. The first-order valence-electron chi connectivity index (χ1n) is 7.66. The van der Waals surface area contributed by atoms with Crippen molar-refractivity contribution in [2.75, 3.05) is 26.4 Å². The molecule has 0 unspecified atom stereocenters. The van der Waals surface area contributed by atoms with E-state index in [2.05, 4.69) is 4.40 Å². The number of hydrogen-bond acceptors (Lipinski definition) is 7. The minimum Gasteiger partial charge on any atom is -0.858 e. The molecule has 0 atom stereocenters. The Bertz CT molecular complexity index is 824. The molecule has 140 valence electrons. The Morgan fingerprint density at radius 1 is 0.962 bits per heavy atom. The molecule has 26 heavy (non-hydrogen) atoms. The molecule has 0 radical (unpaired) electrons. The average Bonchev–Trinajstić information content (AvgIpc) is 2.65. The lowest BCUT2D eigenvalue weighted by Gasteiger charge is -2.15. The summed E-state index contributed by atoms with van der Waals surface area (Å²) >= 11 is 0. The first-order chi connectivity index (χ1) is 12.5. The van der Waals surface area contributed by atoms with Gasteiger partial charge in [0.2, 0.25) is 0 Å². The largest absolute Gasteiger partial charge is 0.858 e. The maximum atomic E-state index is 12.3. The zero-order valence-electron chi connectivity index (χ0n) is 13.7. The van der Waals surface area contributed by atoms with Crippen LogP contribution >= 0.6 is 0 Å². The van der Waals surface area contributed by atoms with Gasteiger partial charge in [0.15, 0.2) is 0 Å². The van der Waals surface area contributed by atoms with Crippen LogP contribution in [0.25, 0.3) is 0 Å². The smallest absolute Gasteiger partial charge is 0.281 e. The molecule has 0 heterocycles. The average molecular weight is 380 g/mol. The molecule has 8 nitrogen and oxygen atoms in total. The molecule has 0 amide bonds. The van der Waals surface area contributed by atoms with Gasteiger partial charge in [-0.3, -0.25) is 0 Å². The molecule has 9 heteroatoms. The third-order valence-corrected chi connectivity index (χ3v) is 4.37. The van der Waals surface area contributed by atoms with Crippen LogP contribution in [0.2, 0.25) is 0 Å². The van der Waals surface area contributed by atoms with Gasteiger partial charge in [0.1, 0.15) is 24.7 Å². The highest BCUT2D eigenvalue weighted by Gasteiger charge is 2.12. The van der Waals surface area contributed by atoms with Gasteiger partial charge in [-0.25, -0.2) is 0 Å². The maximum Gasteiger partial charge on any atom is 0.281 e. The lowest BCUT2D eigenvalue weighted by Crippen LogP contribution is -2.21. The van der Waals surface area contributed by atoms with Gasteiger partial charge in [-0.2, -0.15) is 12.8 Å². The minimum absolute atomic E-state index is 0.0173. The van der Waals surface area contributed by atoms with Gasteiger partial charge in [-0.15, -0.1) is 0 Å². The molecule has 0 fully saturated rings. The van der Waals surface area contributed by atoms with Gasteiger partial charge in [0, 0.05) is 12.0 Å².